The van der Waals surface area contributed by atoms with E-state index in [2.05, 4.69) is 15.2 Å². The highest BCUT2D eigenvalue weighted by atomic mass is 35.5. The average molecular weight is 317 g/mol. The lowest BCUT2D eigenvalue weighted by Crippen LogP contribution is -2.54. The Kier molecular flexibility index (Phi) is 5.10. The highest BCUT2D eigenvalue weighted by Crippen LogP contribution is 2.29. The maximum atomic E-state index is 11.5. The lowest BCUT2D eigenvalue weighted by molar-refractivity contribution is -0.126. The van der Waals surface area contributed by atoms with E-state index in [9.17, 15) is 4.79 Å². The molecule has 110 valence electrons. The molecule has 1 aromatic rings. The van der Waals surface area contributed by atoms with Crippen LogP contribution in [0.2, 0.25) is 10.0 Å². The fraction of sp³-hybridized carbons (Fsp3) is 0.462. The van der Waals surface area contributed by atoms with Crippen LogP contribution in [0.3, 0.4) is 0 Å². The zero-order valence-corrected chi connectivity index (χ0v) is 12.8. The third-order valence-electron chi connectivity index (χ3n) is 3.63. The lowest BCUT2D eigenvalue weighted by atomic mass is 10.2. The summed E-state index contributed by atoms with van der Waals surface area (Å²) in [5.41, 5.74) is 3.13. The summed E-state index contributed by atoms with van der Waals surface area (Å²) in [5.74, 6) is 5.00. The SMILES string of the molecule is CC(C(=O)NN)N1CCN(c2cc(Cl)ccc2Cl)CC1. The van der Waals surface area contributed by atoms with Gasteiger partial charge in [-0.05, 0) is 25.1 Å². The molecular weight excluding hydrogens is 299 g/mol. The number of anilines is 1. The number of nitrogens with zero attached hydrogens (tertiary/aromatic N) is 2. The van der Waals surface area contributed by atoms with E-state index >= 15 is 0 Å². The number of benzene rings is 1. The monoisotopic (exact) mass is 316 g/mol. The summed E-state index contributed by atoms with van der Waals surface area (Å²) < 4.78 is 0. The number of nitrogens with one attached hydrogen (secondary N) is 1. The van der Waals surface area contributed by atoms with Crippen molar-refractivity contribution in [3.63, 3.8) is 0 Å². The number of halogens is 2. The van der Waals surface area contributed by atoms with Gasteiger partial charge < -0.3 is 4.90 Å². The molecule has 1 saturated heterocycles. The second-order valence-electron chi connectivity index (χ2n) is 4.80. The molecule has 1 heterocycles. The minimum absolute atomic E-state index is 0.167. The second kappa shape index (κ2) is 6.63. The molecule has 0 radical (unpaired) electrons. The number of hydrogen-bond donors (Lipinski definition) is 2. The Morgan fingerprint density at radius 1 is 1.30 bits per heavy atom. The van der Waals surface area contributed by atoms with E-state index in [1.54, 1.807) is 12.1 Å². The highest BCUT2D eigenvalue weighted by Gasteiger charge is 2.25. The number of hydrogen-bond acceptors (Lipinski definition) is 4. The third-order valence-corrected chi connectivity index (χ3v) is 4.19. The van der Waals surface area contributed by atoms with Gasteiger partial charge in [0, 0.05) is 31.2 Å². The van der Waals surface area contributed by atoms with Crippen molar-refractivity contribution in [2.75, 3.05) is 31.1 Å². The highest BCUT2D eigenvalue weighted by molar-refractivity contribution is 6.35. The molecule has 5 nitrogen and oxygen atoms in total. The molecule has 1 amide bonds. The Morgan fingerprint density at radius 3 is 2.55 bits per heavy atom. The van der Waals surface area contributed by atoms with Gasteiger partial charge in [0.2, 0.25) is 0 Å². The van der Waals surface area contributed by atoms with Gasteiger partial charge in [-0.3, -0.25) is 15.1 Å². The topological polar surface area (TPSA) is 61.6 Å². The van der Waals surface area contributed by atoms with Crippen molar-refractivity contribution in [2.24, 2.45) is 5.84 Å². The standard InChI is InChI=1S/C13H18Cl2N4O/c1-9(13(20)17-16)18-4-6-19(7-5-18)12-8-10(14)2-3-11(12)15/h2-3,8-9H,4-7,16H2,1H3,(H,17,20). The maximum absolute atomic E-state index is 11.5. The van der Waals surface area contributed by atoms with Gasteiger partial charge >= 0.3 is 0 Å². The molecule has 1 aliphatic heterocycles. The van der Waals surface area contributed by atoms with Crippen molar-refractivity contribution in [3.8, 4) is 0 Å². The van der Waals surface area contributed by atoms with Crippen molar-refractivity contribution in [1.29, 1.82) is 0 Å². The minimum Gasteiger partial charge on any atom is -0.368 e. The van der Waals surface area contributed by atoms with Crippen molar-refractivity contribution in [2.45, 2.75) is 13.0 Å². The third kappa shape index (κ3) is 3.35. The van der Waals surface area contributed by atoms with Gasteiger partial charge in [0.15, 0.2) is 0 Å². The van der Waals surface area contributed by atoms with E-state index in [1.807, 2.05) is 13.0 Å². The van der Waals surface area contributed by atoms with Crippen molar-refractivity contribution < 1.29 is 4.79 Å². The summed E-state index contributed by atoms with van der Waals surface area (Å²) >= 11 is 12.2. The van der Waals surface area contributed by atoms with Crippen LogP contribution >= 0.6 is 23.2 Å². The van der Waals surface area contributed by atoms with E-state index < -0.39 is 0 Å². The van der Waals surface area contributed by atoms with Crippen LogP contribution in [0.25, 0.3) is 0 Å². The molecule has 0 saturated carbocycles. The summed E-state index contributed by atoms with van der Waals surface area (Å²) in [6.45, 7) is 4.99. The van der Waals surface area contributed by atoms with Gasteiger partial charge in [-0.1, -0.05) is 23.2 Å². The molecule has 7 heteroatoms. The minimum atomic E-state index is -0.225. The molecular formula is C13H18Cl2N4O. The molecule has 1 fully saturated rings. The fourth-order valence-electron chi connectivity index (χ4n) is 2.36. The zero-order chi connectivity index (χ0) is 14.7. The fourth-order valence-corrected chi connectivity index (χ4v) is 2.77. The first kappa shape index (κ1) is 15.4. The molecule has 0 spiro atoms. The van der Waals surface area contributed by atoms with E-state index in [-0.39, 0.29) is 11.9 Å². The number of amides is 1. The predicted molar refractivity (Wildman–Crippen MR) is 82.0 cm³/mol. The van der Waals surface area contributed by atoms with E-state index in [0.29, 0.717) is 10.0 Å². The molecule has 20 heavy (non-hydrogen) atoms. The van der Waals surface area contributed by atoms with E-state index in [0.717, 1.165) is 31.9 Å². The van der Waals surface area contributed by atoms with E-state index in [4.69, 9.17) is 29.0 Å². The Labute approximate surface area is 128 Å². The first-order valence-electron chi connectivity index (χ1n) is 6.47. The van der Waals surface area contributed by atoms with Gasteiger partial charge in [0.1, 0.15) is 0 Å². The summed E-state index contributed by atoms with van der Waals surface area (Å²) in [7, 11) is 0. The molecule has 1 atom stereocenters. The number of carbonyl (C=O) groups is 1. The van der Waals surface area contributed by atoms with Crippen LogP contribution in [-0.4, -0.2) is 43.0 Å². The molecule has 1 aliphatic rings. The molecule has 1 unspecified atom stereocenters. The van der Waals surface area contributed by atoms with Crippen LogP contribution < -0.4 is 16.2 Å². The molecule has 1 aromatic carbocycles. The summed E-state index contributed by atoms with van der Waals surface area (Å²) in [4.78, 5) is 15.8. The molecule has 0 bridgehead atoms. The summed E-state index contributed by atoms with van der Waals surface area (Å²) in [6, 6.07) is 5.22. The number of carbonyl (C=O) groups excluding carboxylic acids is 1. The van der Waals surface area contributed by atoms with Gasteiger partial charge in [-0.15, -0.1) is 0 Å². The quantitative estimate of drug-likeness (QED) is 0.504. The van der Waals surface area contributed by atoms with Crippen LogP contribution in [-0.2, 0) is 4.79 Å². The number of piperazine rings is 1. The number of hydrazine groups is 1. The zero-order valence-electron chi connectivity index (χ0n) is 11.3. The number of rotatable bonds is 3. The van der Waals surface area contributed by atoms with Crippen molar-refractivity contribution in [1.82, 2.24) is 10.3 Å². The first-order valence-corrected chi connectivity index (χ1v) is 7.23. The Hall–Kier alpha value is -1.01. The average Bonchev–Trinajstić information content (AvgIpc) is 2.48. The normalized spacial score (nSPS) is 17.9. The summed E-state index contributed by atoms with van der Waals surface area (Å²) in [6.07, 6.45) is 0. The van der Waals surface area contributed by atoms with Crippen LogP contribution in [0.1, 0.15) is 6.92 Å². The van der Waals surface area contributed by atoms with Crippen molar-refractivity contribution in [3.05, 3.63) is 28.2 Å². The smallest absolute Gasteiger partial charge is 0.250 e. The van der Waals surface area contributed by atoms with E-state index in [1.165, 1.54) is 0 Å². The number of nitrogens with two attached hydrogens (primary N) is 1. The molecule has 2 rings (SSSR count). The van der Waals surface area contributed by atoms with Crippen LogP contribution in [0.5, 0.6) is 0 Å². The van der Waals surface area contributed by atoms with Gasteiger partial charge in [0.25, 0.3) is 5.91 Å². The van der Waals surface area contributed by atoms with Gasteiger partial charge in [-0.2, -0.15) is 0 Å². The predicted octanol–water partition coefficient (Wildman–Crippen LogP) is 1.49. The van der Waals surface area contributed by atoms with Gasteiger partial charge in [0.05, 0.1) is 16.8 Å². The second-order valence-corrected chi connectivity index (χ2v) is 5.65. The maximum Gasteiger partial charge on any atom is 0.250 e. The molecule has 3 N–H and O–H groups in total. The van der Waals surface area contributed by atoms with Crippen LogP contribution in [0.4, 0.5) is 5.69 Å². The Morgan fingerprint density at radius 2 is 1.95 bits per heavy atom. The largest absolute Gasteiger partial charge is 0.368 e. The van der Waals surface area contributed by atoms with Gasteiger partial charge in [-0.25, -0.2) is 5.84 Å². The van der Waals surface area contributed by atoms with Crippen LogP contribution in [0, 0.1) is 0 Å². The summed E-state index contributed by atoms with van der Waals surface area (Å²) in [5, 5.41) is 1.36. The first-order chi connectivity index (χ1) is 9.52. The Balaban J connectivity index is 2.01. The Bertz CT molecular complexity index is 489. The molecule has 0 aromatic heterocycles. The lowest BCUT2D eigenvalue weighted by Gasteiger charge is -2.38. The van der Waals surface area contributed by atoms with Crippen LogP contribution in [0.15, 0.2) is 18.2 Å². The molecule has 0 aliphatic carbocycles. The van der Waals surface area contributed by atoms with Crippen molar-refractivity contribution >= 4 is 34.8 Å².